The van der Waals surface area contributed by atoms with Crippen molar-refractivity contribution in [2.45, 2.75) is 19.9 Å². The number of carbonyl (C=O) groups excluding carboxylic acids is 2. The van der Waals surface area contributed by atoms with E-state index in [4.69, 9.17) is 0 Å². The van der Waals surface area contributed by atoms with Crippen LogP contribution in [0.5, 0.6) is 0 Å². The summed E-state index contributed by atoms with van der Waals surface area (Å²) in [6.07, 6.45) is 3.43. The molecule has 0 aliphatic heterocycles. The number of nitrogens with zero attached hydrogens (tertiary/aromatic N) is 2. The number of ketones is 1. The molecule has 0 fully saturated rings. The summed E-state index contributed by atoms with van der Waals surface area (Å²) in [5.74, 6) is -0.380. The van der Waals surface area contributed by atoms with Crippen molar-refractivity contribution in [3.05, 3.63) is 18.0 Å². The molecule has 0 bridgehead atoms. The number of hydrogen-bond acceptors (Lipinski definition) is 3. The first-order valence-corrected chi connectivity index (χ1v) is 4.31. The van der Waals surface area contributed by atoms with Crippen molar-refractivity contribution in [2.75, 3.05) is 0 Å². The Labute approximate surface area is 82.1 Å². The number of rotatable bonds is 4. The van der Waals surface area contributed by atoms with Gasteiger partial charge in [-0.3, -0.25) is 14.3 Å². The fourth-order valence-corrected chi connectivity index (χ4v) is 1.05. The summed E-state index contributed by atoms with van der Waals surface area (Å²) in [6.45, 7) is 1.81. The Morgan fingerprint density at radius 2 is 2.29 bits per heavy atom. The molecule has 1 rings (SSSR count). The Balaban J connectivity index is 2.34. The van der Waals surface area contributed by atoms with E-state index in [1.807, 2.05) is 6.20 Å². The van der Waals surface area contributed by atoms with E-state index in [0.717, 1.165) is 5.56 Å². The summed E-state index contributed by atoms with van der Waals surface area (Å²) in [5, 5.41) is 6.58. The maximum Gasteiger partial charge on any atom is 0.227 e. The van der Waals surface area contributed by atoms with Crippen LogP contribution in [0.15, 0.2) is 12.4 Å². The molecule has 0 aliphatic carbocycles. The van der Waals surface area contributed by atoms with Crippen LogP contribution < -0.4 is 5.32 Å². The van der Waals surface area contributed by atoms with Crippen LogP contribution in [0.2, 0.25) is 0 Å². The molecular weight excluding hydrogens is 182 g/mol. The highest BCUT2D eigenvalue weighted by molar-refractivity contribution is 5.96. The minimum absolute atomic E-state index is 0.0553. The van der Waals surface area contributed by atoms with Crippen LogP contribution in [0, 0.1) is 0 Å². The highest BCUT2D eigenvalue weighted by Crippen LogP contribution is 1.95. The van der Waals surface area contributed by atoms with E-state index < -0.39 is 0 Å². The SMILES string of the molecule is CC(=O)CC(=O)NCc1cnn(C)c1. The number of carbonyl (C=O) groups is 2. The van der Waals surface area contributed by atoms with Gasteiger partial charge in [-0.05, 0) is 6.92 Å². The molecule has 0 aliphatic rings. The van der Waals surface area contributed by atoms with Crippen LogP contribution in [0.4, 0.5) is 0 Å². The lowest BCUT2D eigenvalue weighted by atomic mass is 10.3. The Hall–Kier alpha value is -1.65. The van der Waals surface area contributed by atoms with Crippen LogP contribution in [0.3, 0.4) is 0 Å². The molecule has 76 valence electrons. The van der Waals surface area contributed by atoms with Gasteiger partial charge in [0.05, 0.1) is 12.6 Å². The van der Waals surface area contributed by atoms with E-state index in [9.17, 15) is 9.59 Å². The Bertz CT molecular complexity index is 344. The van der Waals surface area contributed by atoms with Gasteiger partial charge in [-0.1, -0.05) is 0 Å². The Kier molecular flexibility index (Phi) is 3.39. The quantitative estimate of drug-likeness (QED) is 0.688. The van der Waals surface area contributed by atoms with Gasteiger partial charge in [-0.15, -0.1) is 0 Å². The summed E-state index contributed by atoms with van der Waals surface area (Å²) in [7, 11) is 1.81. The number of Topliss-reactive ketones (excluding diaryl/α,β-unsaturated/α-hetero) is 1. The van der Waals surface area contributed by atoms with Gasteiger partial charge in [0.2, 0.25) is 5.91 Å². The van der Waals surface area contributed by atoms with Gasteiger partial charge >= 0.3 is 0 Å². The van der Waals surface area contributed by atoms with Crippen LogP contribution >= 0.6 is 0 Å². The van der Waals surface area contributed by atoms with Crippen molar-refractivity contribution >= 4 is 11.7 Å². The summed E-state index contributed by atoms with van der Waals surface area (Å²) in [4.78, 5) is 21.7. The number of aryl methyl sites for hydroxylation is 1. The first-order chi connectivity index (χ1) is 6.58. The largest absolute Gasteiger partial charge is 0.352 e. The van der Waals surface area contributed by atoms with E-state index in [-0.39, 0.29) is 18.1 Å². The summed E-state index contributed by atoms with van der Waals surface area (Å²) in [6, 6.07) is 0. The highest BCUT2D eigenvalue weighted by atomic mass is 16.2. The van der Waals surface area contributed by atoms with Gasteiger partial charge in [0.15, 0.2) is 0 Å². The molecule has 14 heavy (non-hydrogen) atoms. The van der Waals surface area contributed by atoms with Crippen molar-refractivity contribution in [1.82, 2.24) is 15.1 Å². The second kappa shape index (κ2) is 4.55. The first-order valence-electron chi connectivity index (χ1n) is 4.31. The fourth-order valence-electron chi connectivity index (χ4n) is 1.05. The molecule has 1 heterocycles. The lowest BCUT2D eigenvalue weighted by molar-refractivity contribution is -0.127. The summed E-state index contributed by atoms with van der Waals surface area (Å²) in [5.41, 5.74) is 0.921. The molecule has 0 aromatic carbocycles. The molecule has 5 nitrogen and oxygen atoms in total. The molecule has 5 heteroatoms. The molecular formula is C9H13N3O2. The lowest BCUT2D eigenvalue weighted by Gasteiger charge is -2.00. The Morgan fingerprint density at radius 1 is 1.57 bits per heavy atom. The molecule has 1 aromatic heterocycles. The maximum atomic E-state index is 11.1. The topological polar surface area (TPSA) is 64.0 Å². The standard InChI is InChI=1S/C9H13N3O2/c1-7(13)3-9(14)10-4-8-5-11-12(2)6-8/h5-6H,3-4H2,1-2H3,(H,10,14). The average molecular weight is 195 g/mol. The van der Waals surface area contributed by atoms with Gasteiger partial charge in [0.1, 0.15) is 5.78 Å². The molecule has 1 N–H and O–H groups in total. The Morgan fingerprint density at radius 3 is 2.79 bits per heavy atom. The zero-order chi connectivity index (χ0) is 10.6. The van der Waals surface area contributed by atoms with E-state index >= 15 is 0 Å². The maximum absolute atomic E-state index is 11.1. The minimum atomic E-state index is -0.249. The third-order valence-electron chi connectivity index (χ3n) is 1.66. The highest BCUT2D eigenvalue weighted by Gasteiger charge is 2.04. The molecule has 1 amide bonds. The molecule has 0 saturated carbocycles. The molecule has 0 saturated heterocycles. The van der Waals surface area contributed by atoms with Crippen molar-refractivity contribution in [3.8, 4) is 0 Å². The molecule has 0 atom stereocenters. The number of nitrogens with one attached hydrogen (secondary N) is 1. The van der Waals surface area contributed by atoms with Gasteiger partial charge in [0, 0.05) is 25.4 Å². The zero-order valence-electron chi connectivity index (χ0n) is 8.28. The predicted octanol–water partition coefficient (Wildman–Crippen LogP) is 0.0154. The van der Waals surface area contributed by atoms with Gasteiger partial charge in [0.25, 0.3) is 0 Å². The predicted molar refractivity (Wildman–Crippen MR) is 50.4 cm³/mol. The van der Waals surface area contributed by atoms with Gasteiger partial charge in [-0.2, -0.15) is 5.10 Å². The normalized spacial score (nSPS) is 9.86. The van der Waals surface area contributed by atoms with Crippen molar-refractivity contribution in [1.29, 1.82) is 0 Å². The zero-order valence-corrected chi connectivity index (χ0v) is 8.28. The summed E-state index contributed by atoms with van der Waals surface area (Å²) >= 11 is 0. The van der Waals surface area contributed by atoms with Gasteiger partial charge < -0.3 is 5.32 Å². The van der Waals surface area contributed by atoms with Crippen molar-refractivity contribution < 1.29 is 9.59 Å². The van der Waals surface area contributed by atoms with E-state index in [1.54, 1.807) is 17.9 Å². The number of aromatic nitrogens is 2. The molecule has 0 unspecified atom stereocenters. The molecule has 0 spiro atoms. The van der Waals surface area contributed by atoms with Crippen molar-refractivity contribution in [2.24, 2.45) is 7.05 Å². The third kappa shape index (κ3) is 3.38. The number of amides is 1. The van der Waals surface area contributed by atoms with E-state index in [0.29, 0.717) is 6.54 Å². The number of hydrogen-bond donors (Lipinski definition) is 1. The second-order valence-corrected chi connectivity index (χ2v) is 3.18. The second-order valence-electron chi connectivity index (χ2n) is 3.18. The van der Waals surface area contributed by atoms with Gasteiger partial charge in [-0.25, -0.2) is 0 Å². The van der Waals surface area contributed by atoms with Crippen LogP contribution in [0.1, 0.15) is 18.9 Å². The molecule has 0 radical (unpaired) electrons. The lowest BCUT2D eigenvalue weighted by Crippen LogP contribution is -2.24. The monoisotopic (exact) mass is 195 g/mol. The average Bonchev–Trinajstić information content (AvgIpc) is 2.47. The van der Waals surface area contributed by atoms with Crippen LogP contribution in [-0.2, 0) is 23.2 Å². The van der Waals surface area contributed by atoms with Crippen LogP contribution in [-0.4, -0.2) is 21.5 Å². The molecule has 1 aromatic rings. The fraction of sp³-hybridized carbons (Fsp3) is 0.444. The van der Waals surface area contributed by atoms with Crippen molar-refractivity contribution in [3.63, 3.8) is 0 Å². The first kappa shape index (κ1) is 10.4. The summed E-state index contributed by atoms with van der Waals surface area (Å²) < 4.78 is 1.66. The van der Waals surface area contributed by atoms with E-state index in [2.05, 4.69) is 10.4 Å². The third-order valence-corrected chi connectivity index (χ3v) is 1.66. The minimum Gasteiger partial charge on any atom is -0.352 e. The van der Waals surface area contributed by atoms with Crippen LogP contribution in [0.25, 0.3) is 0 Å². The smallest absolute Gasteiger partial charge is 0.227 e. The van der Waals surface area contributed by atoms with E-state index in [1.165, 1.54) is 6.92 Å².